The van der Waals surface area contributed by atoms with Crippen LogP contribution in [0.3, 0.4) is 0 Å². The summed E-state index contributed by atoms with van der Waals surface area (Å²) in [6, 6.07) is 12.6. The maximum atomic E-state index is 11.7. The SMILES string of the molecule is C[S+](=O)(O)C(CCCCCc1ccc(-c2ccc(Br)s2)cc1)C(=O)NO. The minimum Gasteiger partial charge on any atom is -0.288 e. The van der Waals surface area contributed by atoms with Crippen LogP contribution in [0, 0.1) is 0 Å². The van der Waals surface area contributed by atoms with Crippen LogP contribution in [-0.2, 0) is 25.6 Å². The summed E-state index contributed by atoms with van der Waals surface area (Å²) in [7, 11) is -3.27. The lowest BCUT2D eigenvalue weighted by atomic mass is 10.0. The van der Waals surface area contributed by atoms with Gasteiger partial charge in [0.25, 0.3) is 5.91 Å². The number of nitrogens with one attached hydrogen (secondary N) is 1. The molecule has 5 nitrogen and oxygen atoms in total. The van der Waals surface area contributed by atoms with Gasteiger partial charge in [0.1, 0.15) is 6.26 Å². The molecule has 0 radical (unpaired) electrons. The standard InChI is InChI=1S/C18H22BrNO4S2/c1-26(23,24)16(18(21)20-22)6-4-2-3-5-13-7-9-14(10-8-13)15-11-12-17(19)25-15/h7-12,16H,2-6H2,1H3,(H2-,20,21,22,23,24)/p+1. The molecule has 2 aromatic rings. The molecule has 3 N–H and O–H groups in total. The Kier molecular flexibility index (Phi) is 7.97. The Hall–Kier alpha value is -1.06. The quantitative estimate of drug-likeness (QED) is 0.218. The Morgan fingerprint density at radius 2 is 1.88 bits per heavy atom. The Morgan fingerprint density at radius 1 is 1.19 bits per heavy atom. The lowest BCUT2D eigenvalue weighted by Gasteiger charge is -2.11. The number of halogens is 1. The summed E-state index contributed by atoms with van der Waals surface area (Å²) in [5, 5.41) is 7.62. The summed E-state index contributed by atoms with van der Waals surface area (Å²) in [4.78, 5) is 12.7. The van der Waals surface area contributed by atoms with Crippen LogP contribution in [-0.4, -0.2) is 27.2 Å². The number of aryl methyl sites for hydroxylation is 1. The van der Waals surface area contributed by atoms with Gasteiger partial charge in [0, 0.05) is 11.3 Å². The monoisotopic (exact) mass is 460 g/mol. The molecule has 8 heteroatoms. The van der Waals surface area contributed by atoms with E-state index in [0.717, 1.165) is 29.3 Å². The number of hydrogen-bond acceptors (Lipinski definition) is 4. The first kappa shape index (κ1) is 21.2. The maximum Gasteiger partial charge on any atom is 0.299 e. The second kappa shape index (κ2) is 9.75. The van der Waals surface area contributed by atoms with Crippen LogP contribution >= 0.6 is 27.3 Å². The molecule has 0 bridgehead atoms. The Labute approximate surface area is 167 Å². The summed E-state index contributed by atoms with van der Waals surface area (Å²) < 4.78 is 22.4. The highest BCUT2D eigenvalue weighted by Gasteiger charge is 2.38. The number of unbranched alkanes of at least 4 members (excludes halogenated alkanes) is 2. The molecule has 1 heterocycles. The maximum absolute atomic E-state index is 11.7. The Bertz CT molecular complexity index is 770. The predicted octanol–water partition coefficient (Wildman–Crippen LogP) is 4.76. The highest BCUT2D eigenvalue weighted by Crippen LogP contribution is 2.31. The predicted molar refractivity (Wildman–Crippen MR) is 110 cm³/mol. The van der Waals surface area contributed by atoms with Gasteiger partial charge in [-0.3, -0.25) is 10.0 Å². The topological polar surface area (TPSA) is 86.6 Å². The van der Waals surface area contributed by atoms with Crippen molar-refractivity contribution in [2.45, 2.75) is 37.4 Å². The fourth-order valence-corrected chi connectivity index (χ4v) is 5.21. The smallest absolute Gasteiger partial charge is 0.288 e. The van der Waals surface area contributed by atoms with Crippen molar-refractivity contribution in [1.82, 2.24) is 5.48 Å². The van der Waals surface area contributed by atoms with Crippen LogP contribution in [0.2, 0.25) is 0 Å². The second-order valence-corrected chi connectivity index (χ2v) is 11.0. The molecule has 0 fully saturated rings. The van der Waals surface area contributed by atoms with Crippen molar-refractivity contribution in [1.29, 1.82) is 0 Å². The molecule has 0 aliphatic rings. The van der Waals surface area contributed by atoms with Crippen LogP contribution < -0.4 is 5.48 Å². The second-order valence-electron chi connectivity index (χ2n) is 6.23. The van der Waals surface area contributed by atoms with Crippen LogP contribution in [0.25, 0.3) is 10.4 Å². The molecule has 1 aromatic carbocycles. The summed E-state index contributed by atoms with van der Waals surface area (Å²) in [5.41, 5.74) is 3.92. The number of hydrogen-bond donors (Lipinski definition) is 3. The zero-order chi connectivity index (χ0) is 19.2. The highest BCUT2D eigenvalue weighted by atomic mass is 79.9. The molecule has 0 saturated carbocycles. The normalized spacial score (nSPS) is 14.6. The van der Waals surface area contributed by atoms with Gasteiger partial charge in [-0.15, -0.1) is 11.3 Å². The van der Waals surface area contributed by atoms with Gasteiger partial charge in [-0.25, -0.2) is 5.48 Å². The van der Waals surface area contributed by atoms with E-state index in [2.05, 4.69) is 46.3 Å². The van der Waals surface area contributed by atoms with Crippen LogP contribution in [0.1, 0.15) is 31.2 Å². The van der Waals surface area contributed by atoms with E-state index in [9.17, 15) is 13.6 Å². The van der Waals surface area contributed by atoms with Gasteiger partial charge in [-0.2, -0.15) is 4.55 Å². The largest absolute Gasteiger partial charge is 0.299 e. The van der Waals surface area contributed by atoms with Crippen molar-refractivity contribution in [2.24, 2.45) is 0 Å². The van der Waals surface area contributed by atoms with Crippen molar-refractivity contribution >= 4 is 43.4 Å². The summed E-state index contributed by atoms with van der Waals surface area (Å²) in [6.07, 6.45) is 4.78. The van der Waals surface area contributed by atoms with Gasteiger partial charge in [-0.05, 0) is 58.5 Å². The number of amides is 1. The summed E-state index contributed by atoms with van der Waals surface area (Å²) in [5.74, 6) is -0.796. The molecule has 0 saturated heterocycles. The van der Waals surface area contributed by atoms with E-state index in [-0.39, 0.29) is 6.42 Å². The molecule has 0 aliphatic carbocycles. The minimum atomic E-state index is -3.27. The van der Waals surface area contributed by atoms with E-state index < -0.39 is 21.4 Å². The molecule has 2 unspecified atom stereocenters. The van der Waals surface area contributed by atoms with Crippen LogP contribution in [0.15, 0.2) is 40.2 Å². The average molecular weight is 461 g/mol. The van der Waals surface area contributed by atoms with E-state index in [0.29, 0.717) is 6.42 Å². The summed E-state index contributed by atoms with van der Waals surface area (Å²) in [6.45, 7) is 0. The van der Waals surface area contributed by atoms with Crippen LogP contribution in [0.5, 0.6) is 0 Å². The minimum absolute atomic E-state index is 0.282. The molecule has 2 atom stereocenters. The molecule has 1 aromatic heterocycles. The van der Waals surface area contributed by atoms with E-state index in [1.165, 1.54) is 21.5 Å². The molecule has 26 heavy (non-hydrogen) atoms. The first-order valence-corrected chi connectivity index (χ1v) is 11.9. The fraction of sp³-hybridized carbons (Fsp3) is 0.389. The van der Waals surface area contributed by atoms with Gasteiger partial charge < -0.3 is 0 Å². The van der Waals surface area contributed by atoms with E-state index in [1.807, 2.05) is 6.07 Å². The third kappa shape index (κ3) is 6.28. The third-order valence-corrected chi connectivity index (χ3v) is 7.35. The van der Waals surface area contributed by atoms with Gasteiger partial charge in [0.15, 0.2) is 0 Å². The highest BCUT2D eigenvalue weighted by molar-refractivity contribution is 9.11. The van der Waals surface area contributed by atoms with Gasteiger partial charge in [0.05, 0.1) is 3.79 Å². The van der Waals surface area contributed by atoms with E-state index in [1.54, 1.807) is 11.3 Å². The van der Waals surface area contributed by atoms with Crippen LogP contribution in [0.4, 0.5) is 0 Å². The molecule has 0 aliphatic heterocycles. The van der Waals surface area contributed by atoms with Gasteiger partial charge >= 0.3 is 0 Å². The van der Waals surface area contributed by atoms with Gasteiger partial charge in [-0.1, -0.05) is 34.9 Å². The first-order valence-electron chi connectivity index (χ1n) is 8.30. The molecule has 1 amide bonds. The summed E-state index contributed by atoms with van der Waals surface area (Å²) >= 11 is 5.18. The molecule has 142 valence electrons. The Morgan fingerprint density at radius 3 is 2.42 bits per heavy atom. The number of benzene rings is 1. The lowest BCUT2D eigenvalue weighted by Crippen LogP contribution is -2.40. The number of hydroxylamine groups is 1. The molecular weight excluding hydrogens is 438 g/mol. The van der Waals surface area contributed by atoms with Crippen molar-refractivity contribution in [3.63, 3.8) is 0 Å². The number of carbonyl (C=O) groups excluding carboxylic acids is 1. The first-order chi connectivity index (χ1) is 12.3. The molecular formula is C18H23BrNO4S2+. The third-order valence-electron chi connectivity index (χ3n) is 4.17. The zero-order valence-electron chi connectivity index (χ0n) is 14.5. The molecule has 2 rings (SSSR count). The van der Waals surface area contributed by atoms with Crippen molar-refractivity contribution < 1.29 is 18.8 Å². The Balaban J connectivity index is 1.77. The number of rotatable bonds is 9. The van der Waals surface area contributed by atoms with Crippen molar-refractivity contribution in [3.8, 4) is 10.4 Å². The van der Waals surface area contributed by atoms with Crippen molar-refractivity contribution in [2.75, 3.05) is 6.26 Å². The average Bonchev–Trinajstić information content (AvgIpc) is 3.03. The number of thiophene rings is 1. The zero-order valence-corrected chi connectivity index (χ0v) is 17.7. The van der Waals surface area contributed by atoms with Gasteiger partial charge in [0.2, 0.25) is 15.5 Å². The van der Waals surface area contributed by atoms with E-state index >= 15 is 0 Å². The van der Waals surface area contributed by atoms with Crippen molar-refractivity contribution in [3.05, 3.63) is 45.7 Å². The number of carbonyl (C=O) groups is 1. The molecule has 0 spiro atoms. The lowest BCUT2D eigenvalue weighted by molar-refractivity contribution is -0.128. The van der Waals surface area contributed by atoms with E-state index in [4.69, 9.17) is 5.21 Å². The fourth-order valence-electron chi connectivity index (χ4n) is 2.76.